The fourth-order valence-corrected chi connectivity index (χ4v) is 2.63. The monoisotopic (exact) mass is 358 g/mol. The van der Waals surface area contributed by atoms with E-state index in [9.17, 15) is 26.3 Å². The van der Waals surface area contributed by atoms with Crippen LogP contribution in [0.1, 0.15) is 0 Å². The topological polar surface area (TPSA) is 6.48 Å². The second kappa shape index (κ2) is 6.51. The molecule has 23 heavy (non-hydrogen) atoms. The Kier molecular flexibility index (Phi) is 5.03. The van der Waals surface area contributed by atoms with Crippen LogP contribution < -0.4 is 4.90 Å². The van der Waals surface area contributed by atoms with E-state index in [0.29, 0.717) is 4.90 Å². The van der Waals surface area contributed by atoms with Crippen LogP contribution in [0.2, 0.25) is 0 Å². The Morgan fingerprint density at radius 2 is 1.35 bits per heavy atom. The van der Waals surface area contributed by atoms with Gasteiger partial charge in [0.2, 0.25) is 0 Å². The summed E-state index contributed by atoms with van der Waals surface area (Å²) in [5.74, 6) is 0. The lowest BCUT2D eigenvalue weighted by atomic mass is 10.2. The predicted molar refractivity (Wildman–Crippen MR) is 75.2 cm³/mol. The van der Waals surface area contributed by atoms with E-state index in [2.05, 4.69) is 0 Å². The average Bonchev–Trinajstić information content (AvgIpc) is 2.46. The van der Waals surface area contributed by atoms with E-state index in [0.717, 1.165) is 5.69 Å². The van der Waals surface area contributed by atoms with E-state index in [1.807, 2.05) is 4.90 Å². The first kappa shape index (κ1) is 17.8. The zero-order chi connectivity index (χ0) is 17.3. The molecule has 2 rings (SSSR count). The average molecular weight is 359 g/mol. The Morgan fingerprint density at radius 1 is 0.826 bits per heavy atom. The van der Waals surface area contributed by atoms with E-state index >= 15 is 0 Å². The first-order valence-electron chi connectivity index (χ1n) is 6.70. The summed E-state index contributed by atoms with van der Waals surface area (Å²) in [6.45, 7) is -0.0523. The number of anilines is 1. The van der Waals surface area contributed by atoms with Crippen LogP contribution in [0.5, 0.6) is 0 Å². The minimum atomic E-state index is -5.23. The number of halogens is 7. The Balaban J connectivity index is 2.19. The first-order chi connectivity index (χ1) is 10.6. The molecule has 0 amide bonds. The highest BCUT2D eigenvalue weighted by molar-refractivity contribution is 6.30. The maximum Gasteiger partial charge on any atom is 0.432 e. The summed E-state index contributed by atoms with van der Waals surface area (Å²) in [6, 6.07) is 8.94. The number of hydrogen-bond donors (Lipinski definition) is 0. The van der Waals surface area contributed by atoms with Crippen molar-refractivity contribution in [3.05, 3.63) is 41.1 Å². The zero-order valence-electron chi connectivity index (χ0n) is 11.8. The van der Waals surface area contributed by atoms with Crippen LogP contribution in [0.25, 0.3) is 0 Å². The number of piperazine rings is 1. The molecule has 1 aliphatic rings. The fraction of sp³-hybridized carbons (Fsp3) is 0.429. The van der Waals surface area contributed by atoms with Gasteiger partial charge in [-0.1, -0.05) is 29.8 Å². The van der Waals surface area contributed by atoms with Crippen molar-refractivity contribution >= 4 is 17.3 Å². The van der Waals surface area contributed by atoms with Gasteiger partial charge in [0.25, 0.3) is 0 Å². The smallest absolute Gasteiger partial charge is 0.368 e. The van der Waals surface area contributed by atoms with Crippen LogP contribution in [0.15, 0.2) is 41.1 Å². The Bertz CT molecular complexity index is 559. The molecule has 1 aromatic rings. The molecule has 0 bridgehead atoms. The van der Waals surface area contributed by atoms with Crippen LogP contribution in [0, 0.1) is 0 Å². The molecular formula is C14H13ClF6N2. The van der Waals surface area contributed by atoms with Crippen LogP contribution in [-0.4, -0.2) is 43.4 Å². The van der Waals surface area contributed by atoms with Gasteiger partial charge in [0.05, 0.1) is 0 Å². The van der Waals surface area contributed by atoms with E-state index in [4.69, 9.17) is 11.6 Å². The van der Waals surface area contributed by atoms with Crippen molar-refractivity contribution in [1.82, 2.24) is 4.90 Å². The highest BCUT2D eigenvalue weighted by Crippen LogP contribution is 2.40. The van der Waals surface area contributed by atoms with Crippen molar-refractivity contribution < 1.29 is 26.3 Å². The second-order valence-corrected chi connectivity index (χ2v) is 5.35. The lowest BCUT2D eigenvalue weighted by molar-refractivity contribution is -0.126. The molecule has 0 atom stereocenters. The van der Waals surface area contributed by atoms with Crippen LogP contribution >= 0.6 is 11.6 Å². The molecule has 0 radical (unpaired) electrons. The summed E-state index contributed by atoms with van der Waals surface area (Å²) in [7, 11) is 0. The standard InChI is InChI=1S/C14H13ClF6N2/c15-11(13(16,17)18)12(14(19,20)21)23-8-6-22(7-9-23)10-4-2-1-3-5-10/h1-5H,6-9H2/b12-11+. The van der Waals surface area contributed by atoms with Gasteiger partial charge >= 0.3 is 12.4 Å². The van der Waals surface area contributed by atoms with E-state index in [-0.39, 0.29) is 26.2 Å². The summed E-state index contributed by atoms with van der Waals surface area (Å²) in [5.41, 5.74) is -1.01. The van der Waals surface area contributed by atoms with Crippen molar-refractivity contribution in [2.24, 2.45) is 0 Å². The number of benzene rings is 1. The van der Waals surface area contributed by atoms with Gasteiger partial charge in [0.15, 0.2) is 0 Å². The van der Waals surface area contributed by atoms with Gasteiger partial charge < -0.3 is 9.80 Å². The number of alkyl halides is 6. The molecule has 0 aliphatic carbocycles. The predicted octanol–water partition coefficient (Wildman–Crippen LogP) is 4.38. The van der Waals surface area contributed by atoms with Crippen molar-refractivity contribution in [3.8, 4) is 0 Å². The third kappa shape index (κ3) is 4.25. The van der Waals surface area contributed by atoms with E-state index in [1.165, 1.54) is 0 Å². The molecule has 0 saturated carbocycles. The zero-order valence-corrected chi connectivity index (χ0v) is 12.5. The molecule has 1 aliphatic heterocycles. The van der Waals surface area contributed by atoms with Gasteiger partial charge in [-0.15, -0.1) is 0 Å². The van der Waals surface area contributed by atoms with Gasteiger partial charge in [-0.25, -0.2) is 0 Å². The third-order valence-electron chi connectivity index (χ3n) is 3.44. The van der Waals surface area contributed by atoms with E-state index < -0.39 is 23.1 Å². The fourth-order valence-electron chi connectivity index (χ4n) is 2.40. The van der Waals surface area contributed by atoms with Gasteiger partial charge in [-0.05, 0) is 12.1 Å². The third-order valence-corrected chi connectivity index (χ3v) is 3.84. The highest BCUT2D eigenvalue weighted by atomic mass is 35.5. The number of allylic oxidation sites excluding steroid dienone is 2. The largest absolute Gasteiger partial charge is 0.432 e. The molecule has 0 spiro atoms. The molecule has 1 heterocycles. The quantitative estimate of drug-likeness (QED) is 0.724. The molecule has 0 N–H and O–H groups in total. The summed E-state index contributed by atoms with van der Waals surface area (Å²) in [5, 5.41) is -2.13. The van der Waals surface area contributed by atoms with Crippen molar-refractivity contribution in [1.29, 1.82) is 0 Å². The van der Waals surface area contributed by atoms with Gasteiger partial charge in [-0.2, -0.15) is 26.3 Å². The van der Waals surface area contributed by atoms with Gasteiger partial charge in [0, 0.05) is 31.9 Å². The normalized spacial score (nSPS) is 18.0. The van der Waals surface area contributed by atoms with Crippen LogP contribution in [0.4, 0.5) is 32.0 Å². The van der Waals surface area contributed by atoms with Gasteiger partial charge in [0.1, 0.15) is 10.7 Å². The summed E-state index contributed by atoms with van der Waals surface area (Å²) >= 11 is 4.97. The summed E-state index contributed by atoms with van der Waals surface area (Å²) in [6.07, 6.45) is -10.4. The molecule has 9 heteroatoms. The Morgan fingerprint density at radius 3 is 1.78 bits per heavy atom. The van der Waals surface area contributed by atoms with Crippen molar-refractivity contribution in [2.75, 3.05) is 31.1 Å². The highest BCUT2D eigenvalue weighted by Gasteiger charge is 2.48. The van der Waals surface area contributed by atoms with Crippen LogP contribution in [0.3, 0.4) is 0 Å². The molecule has 1 aromatic carbocycles. The SMILES string of the molecule is FC(F)(F)/C(Cl)=C(\N1CCN(c2ccccc2)CC1)C(F)(F)F. The first-order valence-corrected chi connectivity index (χ1v) is 7.07. The Hall–Kier alpha value is -1.57. The molecule has 128 valence electrons. The number of rotatable bonds is 2. The molecule has 1 saturated heterocycles. The van der Waals surface area contributed by atoms with E-state index in [1.54, 1.807) is 30.3 Å². The number of hydrogen-bond acceptors (Lipinski definition) is 2. The summed E-state index contributed by atoms with van der Waals surface area (Å²) < 4.78 is 76.8. The molecule has 0 unspecified atom stereocenters. The Labute approximate surface area is 133 Å². The van der Waals surface area contributed by atoms with Gasteiger partial charge in [-0.3, -0.25) is 0 Å². The lowest BCUT2D eigenvalue weighted by Crippen LogP contribution is -2.48. The molecule has 2 nitrogen and oxygen atoms in total. The lowest BCUT2D eigenvalue weighted by Gasteiger charge is -2.39. The number of nitrogens with zero attached hydrogens (tertiary/aromatic N) is 2. The minimum absolute atomic E-state index is 0.172. The summed E-state index contributed by atoms with van der Waals surface area (Å²) in [4.78, 5) is 2.46. The van der Waals surface area contributed by atoms with Crippen molar-refractivity contribution in [2.45, 2.75) is 12.4 Å². The molecular weight excluding hydrogens is 346 g/mol. The second-order valence-electron chi connectivity index (χ2n) is 4.97. The molecule has 0 aromatic heterocycles. The maximum atomic E-state index is 13.0. The van der Waals surface area contributed by atoms with Crippen molar-refractivity contribution in [3.63, 3.8) is 0 Å². The van der Waals surface area contributed by atoms with Crippen LogP contribution in [-0.2, 0) is 0 Å². The maximum absolute atomic E-state index is 13.0. The minimum Gasteiger partial charge on any atom is -0.368 e. The molecule has 1 fully saturated rings. The number of para-hydroxylation sites is 1.